The van der Waals surface area contributed by atoms with Crippen molar-refractivity contribution in [2.24, 2.45) is 0 Å². The van der Waals surface area contributed by atoms with Gasteiger partial charge in [-0.15, -0.1) is 11.3 Å². The number of para-hydroxylation sites is 1. The van der Waals surface area contributed by atoms with E-state index in [1.807, 2.05) is 52.7 Å². The molecule has 1 amide bonds. The summed E-state index contributed by atoms with van der Waals surface area (Å²) in [6.45, 7) is 0.768. The Morgan fingerprint density at radius 2 is 1.73 bits per heavy atom. The van der Waals surface area contributed by atoms with E-state index in [2.05, 4.69) is 18.2 Å². The minimum absolute atomic E-state index is 0.110. The highest BCUT2D eigenvalue weighted by molar-refractivity contribution is 7.12. The van der Waals surface area contributed by atoms with E-state index in [0.717, 1.165) is 34.7 Å². The van der Waals surface area contributed by atoms with Gasteiger partial charge < -0.3 is 4.90 Å². The van der Waals surface area contributed by atoms with Crippen molar-refractivity contribution < 1.29 is 4.79 Å². The van der Waals surface area contributed by atoms with Crippen LogP contribution in [0, 0.1) is 0 Å². The molecule has 2 heterocycles. The van der Waals surface area contributed by atoms with Gasteiger partial charge in [0.05, 0.1) is 0 Å². The second-order valence-electron chi connectivity index (χ2n) is 5.36. The summed E-state index contributed by atoms with van der Waals surface area (Å²) < 4.78 is 0. The van der Waals surface area contributed by atoms with Crippen molar-refractivity contribution in [2.75, 3.05) is 11.4 Å². The number of nitrogens with zero attached hydrogens (tertiary/aromatic N) is 1. The molecule has 0 N–H and O–H groups in total. The Balaban J connectivity index is 1.73. The topological polar surface area (TPSA) is 20.3 Å². The Morgan fingerprint density at radius 1 is 0.955 bits per heavy atom. The largest absolute Gasteiger partial charge is 0.307 e. The summed E-state index contributed by atoms with van der Waals surface area (Å²) in [6, 6.07) is 20.3. The lowest BCUT2D eigenvalue weighted by Gasteiger charge is -2.17. The fourth-order valence-corrected chi connectivity index (χ4v) is 3.86. The second-order valence-corrected chi connectivity index (χ2v) is 6.28. The highest BCUT2D eigenvalue weighted by Gasteiger charge is 2.27. The van der Waals surface area contributed by atoms with Gasteiger partial charge in [-0.3, -0.25) is 4.79 Å². The van der Waals surface area contributed by atoms with E-state index < -0.39 is 0 Å². The van der Waals surface area contributed by atoms with Crippen molar-refractivity contribution in [3.63, 3.8) is 0 Å². The number of thiophene rings is 1. The lowest BCUT2D eigenvalue weighted by Crippen LogP contribution is -2.28. The van der Waals surface area contributed by atoms with Crippen LogP contribution in [0.15, 0.2) is 66.0 Å². The molecular weight excluding hydrogens is 290 g/mol. The molecule has 0 saturated heterocycles. The van der Waals surface area contributed by atoms with Crippen LogP contribution in [0.5, 0.6) is 0 Å². The van der Waals surface area contributed by atoms with Crippen molar-refractivity contribution in [2.45, 2.75) is 6.42 Å². The van der Waals surface area contributed by atoms with Crippen molar-refractivity contribution in [1.29, 1.82) is 0 Å². The van der Waals surface area contributed by atoms with Gasteiger partial charge in [0.25, 0.3) is 5.91 Å². The van der Waals surface area contributed by atoms with Crippen LogP contribution >= 0.6 is 11.3 Å². The quantitative estimate of drug-likeness (QED) is 0.676. The van der Waals surface area contributed by atoms with Crippen LogP contribution in [0.4, 0.5) is 5.69 Å². The third-order valence-electron chi connectivity index (χ3n) is 4.08. The lowest BCUT2D eigenvalue weighted by atomic mass is 10.1. The molecule has 0 aliphatic carbocycles. The van der Waals surface area contributed by atoms with Crippen LogP contribution in [0.2, 0.25) is 0 Å². The second kappa shape index (κ2) is 5.43. The third-order valence-corrected chi connectivity index (χ3v) is 4.98. The van der Waals surface area contributed by atoms with E-state index in [1.54, 1.807) is 0 Å². The smallest absolute Gasteiger partial charge is 0.268 e. The first-order valence-corrected chi connectivity index (χ1v) is 8.25. The highest BCUT2D eigenvalue weighted by atomic mass is 32.1. The van der Waals surface area contributed by atoms with E-state index in [4.69, 9.17) is 0 Å². The van der Waals surface area contributed by atoms with Crippen LogP contribution in [0.1, 0.15) is 15.2 Å². The number of amides is 1. The monoisotopic (exact) mass is 305 g/mol. The number of carbonyl (C=O) groups is 1. The molecule has 108 valence electrons. The van der Waals surface area contributed by atoms with Crippen LogP contribution in [-0.2, 0) is 6.42 Å². The fourth-order valence-electron chi connectivity index (χ4n) is 2.99. The first-order valence-electron chi connectivity index (χ1n) is 7.37. The van der Waals surface area contributed by atoms with Crippen LogP contribution in [0.25, 0.3) is 11.1 Å². The van der Waals surface area contributed by atoms with E-state index in [9.17, 15) is 4.79 Å². The molecule has 22 heavy (non-hydrogen) atoms. The average molecular weight is 305 g/mol. The Hall–Kier alpha value is -2.39. The van der Waals surface area contributed by atoms with Gasteiger partial charge >= 0.3 is 0 Å². The molecule has 1 aromatic heterocycles. The van der Waals surface area contributed by atoms with Gasteiger partial charge in [-0.05, 0) is 35.1 Å². The number of benzene rings is 2. The van der Waals surface area contributed by atoms with Gasteiger partial charge in [0, 0.05) is 17.8 Å². The van der Waals surface area contributed by atoms with Gasteiger partial charge in [0.15, 0.2) is 0 Å². The highest BCUT2D eigenvalue weighted by Crippen LogP contribution is 2.34. The lowest BCUT2D eigenvalue weighted by molar-refractivity contribution is 0.0994. The third kappa shape index (κ3) is 2.14. The summed E-state index contributed by atoms with van der Waals surface area (Å²) in [7, 11) is 0. The van der Waals surface area contributed by atoms with Crippen molar-refractivity contribution in [3.8, 4) is 11.1 Å². The number of carbonyl (C=O) groups excluding carboxylic acids is 1. The van der Waals surface area contributed by atoms with Crippen molar-refractivity contribution in [3.05, 3.63) is 76.5 Å². The molecule has 1 aliphatic rings. The van der Waals surface area contributed by atoms with E-state index in [0.29, 0.717) is 0 Å². The van der Waals surface area contributed by atoms with Crippen molar-refractivity contribution >= 4 is 22.9 Å². The minimum Gasteiger partial charge on any atom is -0.307 e. The van der Waals surface area contributed by atoms with E-state index in [1.165, 1.54) is 16.9 Å². The normalized spacial score (nSPS) is 13.2. The maximum absolute atomic E-state index is 13.0. The van der Waals surface area contributed by atoms with Gasteiger partial charge in [0.1, 0.15) is 4.88 Å². The first kappa shape index (κ1) is 13.3. The molecule has 2 aromatic carbocycles. The number of rotatable bonds is 2. The van der Waals surface area contributed by atoms with E-state index in [-0.39, 0.29) is 5.91 Å². The predicted octanol–water partition coefficient (Wildman–Crippen LogP) is 4.62. The summed E-state index contributed by atoms with van der Waals surface area (Å²) in [5.74, 6) is 0.110. The molecule has 3 aromatic rings. The minimum atomic E-state index is 0.110. The van der Waals surface area contributed by atoms with Gasteiger partial charge in [-0.2, -0.15) is 0 Å². The summed E-state index contributed by atoms with van der Waals surface area (Å²) >= 11 is 1.52. The standard InChI is InChI=1S/C19H15NOS/c21-19(20-12-10-15-8-4-5-9-17(15)20)18-16(11-13-22-18)14-6-2-1-3-7-14/h1-9,11,13H,10,12H2. The molecule has 4 rings (SSSR count). The zero-order valence-electron chi connectivity index (χ0n) is 12.0. The number of fused-ring (bicyclic) bond motifs is 1. The Kier molecular flexibility index (Phi) is 3.28. The zero-order chi connectivity index (χ0) is 14.9. The average Bonchev–Trinajstić information content (AvgIpc) is 3.22. The maximum atomic E-state index is 13.0. The molecule has 2 nitrogen and oxygen atoms in total. The summed E-state index contributed by atoms with van der Waals surface area (Å²) in [5.41, 5.74) is 4.44. The molecule has 3 heteroatoms. The Labute approximate surface area is 133 Å². The molecule has 0 spiro atoms. The zero-order valence-corrected chi connectivity index (χ0v) is 12.8. The van der Waals surface area contributed by atoms with Crippen LogP contribution < -0.4 is 4.90 Å². The Morgan fingerprint density at radius 3 is 2.59 bits per heavy atom. The Bertz CT molecular complexity index is 822. The summed E-state index contributed by atoms with van der Waals surface area (Å²) in [6.07, 6.45) is 0.938. The molecule has 0 saturated carbocycles. The van der Waals surface area contributed by atoms with Crippen LogP contribution in [0.3, 0.4) is 0 Å². The van der Waals surface area contributed by atoms with Gasteiger partial charge in [-0.1, -0.05) is 48.5 Å². The summed E-state index contributed by atoms with van der Waals surface area (Å²) in [4.78, 5) is 15.7. The molecule has 1 aliphatic heterocycles. The number of hydrogen-bond acceptors (Lipinski definition) is 2. The fraction of sp³-hybridized carbons (Fsp3) is 0.105. The molecule has 0 radical (unpaired) electrons. The van der Waals surface area contributed by atoms with Crippen molar-refractivity contribution in [1.82, 2.24) is 0 Å². The molecular formula is C19H15NOS. The molecule has 0 bridgehead atoms. The molecule has 0 atom stereocenters. The predicted molar refractivity (Wildman–Crippen MR) is 91.6 cm³/mol. The van der Waals surface area contributed by atoms with Gasteiger partial charge in [-0.25, -0.2) is 0 Å². The number of hydrogen-bond donors (Lipinski definition) is 0. The maximum Gasteiger partial charge on any atom is 0.268 e. The molecule has 0 unspecified atom stereocenters. The number of anilines is 1. The first-order chi connectivity index (χ1) is 10.8. The van der Waals surface area contributed by atoms with Crippen LogP contribution in [-0.4, -0.2) is 12.5 Å². The SMILES string of the molecule is O=C(c1sccc1-c1ccccc1)N1CCc2ccccc21. The van der Waals surface area contributed by atoms with Gasteiger partial charge in [0.2, 0.25) is 0 Å². The summed E-state index contributed by atoms with van der Waals surface area (Å²) in [5, 5.41) is 2.00. The molecule has 0 fully saturated rings. The van der Waals surface area contributed by atoms with E-state index >= 15 is 0 Å².